The summed E-state index contributed by atoms with van der Waals surface area (Å²) in [6.07, 6.45) is 2.88. The van der Waals surface area contributed by atoms with Gasteiger partial charge in [0, 0.05) is 6.42 Å². The molecule has 0 aliphatic carbocycles. The van der Waals surface area contributed by atoms with Crippen LogP contribution in [0, 0.1) is 0 Å². The predicted octanol–water partition coefficient (Wildman–Crippen LogP) is 3.04. The van der Waals surface area contributed by atoms with Gasteiger partial charge in [-0.25, -0.2) is 5.43 Å². The molecule has 0 bridgehead atoms. The second-order valence-electron chi connectivity index (χ2n) is 4.05. The molecule has 1 atom stereocenters. The van der Waals surface area contributed by atoms with Crippen molar-refractivity contribution in [1.29, 1.82) is 0 Å². The van der Waals surface area contributed by atoms with Crippen molar-refractivity contribution in [3.63, 3.8) is 0 Å². The molecule has 4 heteroatoms. The summed E-state index contributed by atoms with van der Waals surface area (Å²) in [6, 6.07) is 6.27. The summed E-state index contributed by atoms with van der Waals surface area (Å²) in [4.78, 5) is 0. The number of rotatable bonds is 6. The van der Waals surface area contributed by atoms with Gasteiger partial charge in [-0.3, -0.25) is 5.84 Å². The number of hydrogen-bond donors (Lipinski definition) is 2. The molecule has 0 fully saturated rings. The maximum atomic E-state index is 5.72. The molecule has 2 heterocycles. The van der Waals surface area contributed by atoms with Gasteiger partial charge < -0.3 is 4.42 Å². The minimum Gasteiger partial charge on any atom is -0.464 e. The summed E-state index contributed by atoms with van der Waals surface area (Å²) in [7, 11) is 0. The normalized spacial score (nSPS) is 12.8. The molecule has 2 rings (SSSR count). The number of nitrogens with one attached hydrogen (secondary N) is 1. The third-order valence-electron chi connectivity index (χ3n) is 2.88. The highest BCUT2D eigenvalue weighted by atomic mass is 32.1. The number of furan rings is 1. The number of nitrogens with two attached hydrogens (primary N) is 1. The summed E-state index contributed by atoms with van der Waals surface area (Å²) in [5.41, 5.74) is 4.19. The van der Waals surface area contributed by atoms with Crippen LogP contribution in [0.5, 0.6) is 0 Å². The van der Waals surface area contributed by atoms with Gasteiger partial charge in [-0.2, -0.15) is 11.3 Å². The Bertz CT molecular complexity index is 436. The van der Waals surface area contributed by atoms with Crippen LogP contribution in [-0.4, -0.2) is 0 Å². The van der Waals surface area contributed by atoms with Crippen LogP contribution >= 0.6 is 11.3 Å². The van der Waals surface area contributed by atoms with E-state index in [4.69, 9.17) is 10.3 Å². The van der Waals surface area contributed by atoms with Crippen LogP contribution in [-0.2, 0) is 12.8 Å². The molecular formula is C13H18N2OS. The Morgan fingerprint density at radius 3 is 2.88 bits per heavy atom. The number of aryl methyl sites for hydroxylation is 2. The molecule has 0 saturated carbocycles. The van der Waals surface area contributed by atoms with Gasteiger partial charge in [-0.05, 0) is 47.4 Å². The van der Waals surface area contributed by atoms with Crippen molar-refractivity contribution < 1.29 is 4.42 Å². The lowest BCUT2D eigenvalue weighted by Crippen LogP contribution is -2.28. The Kier molecular flexibility index (Phi) is 4.36. The van der Waals surface area contributed by atoms with Crippen LogP contribution < -0.4 is 11.3 Å². The van der Waals surface area contributed by atoms with Crippen molar-refractivity contribution in [2.75, 3.05) is 0 Å². The van der Waals surface area contributed by atoms with Gasteiger partial charge >= 0.3 is 0 Å². The molecule has 0 aliphatic rings. The fourth-order valence-electron chi connectivity index (χ4n) is 1.83. The topological polar surface area (TPSA) is 51.2 Å². The van der Waals surface area contributed by atoms with Crippen LogP contribution in [0.1, 0.15) is 36.5 Å². The first-order valence-electron chi connectivity index (χ1n) is 5.89. The summed E-state index contributed by atoms with van der Waals surface area (Å²) < 4.78 is 5.72. The number of hydrogen-bond acceptors (Lipinski definition) is 4. The zero-order valence-corrected chi connectivity index (χ0v) is 10.8. The lowest BCUT2D eigenvalue weighted by molar-refractivity contribution is 0.384. The van der Waals surface area contributed by atoms with Crippen molar-refractivity contribution >= 4 is 11.3 Å². The molecule has 0 spiro atoms. The molecule has 17 heavy (non-hydrogen) atoms. The summed E-state index contributed by atoms with van der Waals surface area (Å²) in [5.74, 6) is 7.53. The van der Waals surface area contributed by atoms with Crippen LogP contribution in [0.3, 0.4) is 0 Å². The van der Waals surface area contributed by atoms with Crippen molar-refractivity contribution in [1.82, 2.24) is 5.43 Å². The first-order valence-corrected chi connectivity index (χ1v) is 6.83. The minimum absolute atomic E-state index is 0.0928. The van der Waals surface area contributed by atoms with Crippen LogP contribution in [0.25, 0.3) is 0 Å². The molecule has 2 aromatic rings. The second-order valence-corrected chi connectivity index (χ2v) is 4.83. The monoisotopic (exact) mass is 250 g/mol. The van der Waals surface area contributed by atoms with Crippen molar-refractivity contribution in [2.24, 2.45) is 5.84 Å². The molecule has 3 N–H and O–H groups in total. The highest BCUT2D eigenvalue weighted by Gasteiger charge is 2.13. The summed E-state index contributed by atoms with van der Waals surface area (Å²) in [5, 5.41) is 4.27. The molecule has 2 aromatic heterocycles. The highest BCUT2D eigenvalue weighted by molar-refractivity contribution is 7.07. The third-order valence-corrected chi connectivity index (χ3v) is 3.61. The molecule has 1 unspecified atom stereocenters. The van der Waals surface area contributed by atoms with E-state index in [2.05, 4.69) is 29.2 Å². The van der Waals surface area contributed by atoms with Gasteiger partial charge in [0.1, 0.15) is 11.5 Å². The summed E-state index contributed by atoms with van der Waals surface area (Å²) >= 11 is 1.73. The van der Waals surface area contributed by atoms with E-state index in [-0.39, 0.29) is 6.04 Å². The standard InChI is InChI=1S/C13H18N2OS/c1-2-11-4-6-13(16-11)12(15-14)5-3-10-7-8-17-9-10/h4,6-9,12,15H,2-3,5,14H2,1H3. The molecular weight excluding hydrogens is 232 g/mol. The molecule has 0 saturated heterocycles. The van der Waals surface area contributed by atoms with Gasteiger partial charge in [0.15, 0.2) is 0 Å². The van der Waals surface area contributed by atoms with Gasteiger partial charge in [0.05, 0.1) is 6.04 Å². The fourth-order valence-corrected chi connectivity index (χ4v) is 2.53. The lowest BCUT2D eigenvalue weighted by Gasteiger charge is -2.12. The molecule has 92 valence electrons. The van der Waals surface area contributed by atoms with Crippen LogP contribution in [0.15, 0.2) is 33.4 Å². The Balaban J connectivity index is 1.96. The van der Waals surface area contributed by atoms with E-state index < -0.39 is 0 Å². The van der Waals surface area contributed by atoms with Crippen LogP contribution in [0.4, 0.5) is 0 Å². The predicted molar refractivity (Wildman–Crippen MR) is 70.8 cm³/mol. The van der Waals surface area contributed by atoms with E-state index >= 15 is 0 Å². The van der Waals surface area contributed by atoms with Gasteiger partial charge in [0.25, 0.3) is 0 Å². The molecule has 0 aliphatic heterocycles. The van der Waals surface area contributed by atoms with E-state index in [1.54, 1.807) is 11.3 Å². The zero-order valence-electron chi connectivity index (χ0n) is 9.98. The molecule has 0 radical (unpaired) electrons. The van der Waals surface area contributed by atoms with E-state index in [1.165, 1.54) is 5.56 Å². The maximum absolute atomic E-state index is 5.72. The Morgan fingerprint density at radius 2 is 2.29 bits per heavy atom. The Hall–Kier alpha value is -1.10. The van der Waals surface area contributed by atoms with Crippen molar-refractivity contribution in [3.8, 4) is 0 Å². The van der Waals surface area contributed by atoms with Gasteiger partial charge in [-0.15, -0.1) is 0 Å². The maximum Gasteiger partial charge on any atom is 0.122 e. The molecule has 0 amide bonds. The summed E-state index contributed by atoms with van der Waals surface area (Å²) in [6.45, 7) is 2.08. The first kappa shape index (κ1) is 12.4. The number of thiophene rings is 1. The average Bonchev–Trinajstić information content (AvgIpc) is 3.00. The molecule has 3 nitrogen and oxygen atoms in total. The van der Waals surface area contributed by atoms with E-state index in [0.29, 0.717) is 0 Å². The Morgan fingerprint density at radius 1 is 1.41 bits per heavy atom. The van der Waals surface area contributed by atoms with Crippen LogP contribution in [0.2, 0.25) is 0 Å². The van der Waals surface area contributed by atoms with E-state index in [1.807, 2.05) is 12.1 Å². The minimum atomic E-state index is 0.0928. The van der Waals surface area contributed by atoms with E-state index in [9.17, 15) is 0 Å². The quantitative estimate of drug-likeness (QED) is 0.612. The Labute approximate surface area is 106 Å². The highest BCUT2D eigenvalue weighted by Crippen LogP contribution is 2.21. The first-order chi connectivity index (χ1) is 8.33. The van der Waals surface area contributed by atoms with Crippen molar-refractivity contribution in [3.05, 3.63) is 46.0 Å². The number of hydrazine groups is 1. The third kappa shape index (κ3) is 3.19. The lowest BCUT2D eigenvalue weighted by atomic mass is 10.1. The second kappa shape index (κ2) is 6.00. The van der Waals surface area contributed by atoms with Gasteiger partial charge in [-0.1, -0.05) is 6.92 Å². The zero-order chi connectivity index (χ0) is 12.1. The van der Waals surface area contributed by atoms with Crippen molar-refractivity contribution in [2.45, 2.75) is 32.2 Å². The fraction of sp³-hybridized carbons (Fsp3) is 0.385. The smallest absolute Gasteiger partial charge is 0.122 e. The SMILES string of the molecule is CCc1ccc(C(CCc2ccsc2)NN)o1. The van der Waals surface area contributed by atoms with E-state index in [0.717, 1.165) is 30.8 Å². The van der Waals surface area contributed by atoms with Gasteiger partial charge in [0.2, 0.25) is 0 Å². The largest absolute Gasteiger partial charge is 0.464 e. The average molecular weight is 250 g/mol. The molecule has 0 aromatic carbocycles.